The molecule has 2 aromatic carbocycles. The van der Waals surface area contributed by atoms with E-state index in [0.29, 0.717) is 74.3 Å². The van der Waals surface area contributed by atoms with Gasteiger partial charge in [-0.2, -0.15) is 0 Å². The summed E-state index contributed by atoms with van der Waals surface area (Å²) < 4.78 is 0. The molecule has 0 saturated heterocycles. The number of hydrogen-bond acceptors (Lipinski definition) is 8. The van der Waals surface area contributed by atoms with Crippen molar-refractivity contribution >= 4 is 23.0 Å². The average Bonchev–Trinajstić information content (AvgIpc) is 2.99. The Balaban J connectivity index is 0.000000260. The normalized spacial score (nSPS) is 19.0. The lowest BCUT2D eigenvalue weighted by Crippen LogP contribution is -2.24. The number of oxime groups is 2. The van der Waals surface area contributed by atoms with Crippen LogP contribution in [0.2, 0.25) is 0 Å². The van der Waals surface area contributed by atoms with Gasteiger partial charge in [-0.1, -0.05) is 59.6 Å². The molecule has 0 radical (unpaired) electrons. The number of aliphatic hydroxyl groups excluding tert-OH is 2. The third kappa shape index (κ3) is 9.03. The minimum Gasteiger partial charge on any atom is -0.511 e. The Morgan fingerprint density at radius 2 is 0.917 bits per heavy atom. The quantitative estimate of drug-likeness (QED) is 0.194. The molecule has 2 atom stereocenters. The topological polar surface area (TPSA) is 118 Å². The van der Waals surface area contributed by atoms with Gasteiger partial charge in [0.25, 0.3) is 0 Å². The van der Waals surface area contributed by atoms with Crippen molar-refractivity contribution in [3.63, 3.8) is 0 Å². The molecule has 2 aliphatic carbocycles. The first-order chi connectivity index (χ1) is 22.8. The summed E-state index contributed by atoms with van der Waals surface area (Å²) in [5, 5.41) is 29.1. The molecule has 2 aliphatic rings. The fourth-order valence-electron chi connectivity index (χ4n) is 7.38. The minimum atomic E-state index is -0.0524. The van der Waals surface area contributed by atoms with E-state index in [-0.39, 0.29) is 34.9 Å². The van der Waals surface area contributed by atoms with Gasteiger partial charge in [0.15, 0.2) is 11.6 Å². The maximum absolute atomic E-state index is 12.7. The van der Waals surface area contributed by atoms with Crippen LogP contribution in [-0.4, -0.2) is 46.4 Å². The summed E-state index contributed by atoms with van der Waals surface area (Å²) in [7, 11) is 0. The van der Waals surface area contributed by atoms with Gasteiger partial charge in [-0.3, -0.25) is 9.59 Å². The zero-order chi connectivity index (χ0) is 35.7. The summed E-state index contributed by atoms with van der Waals surface area (Å²) in [6, 6.07) is 8.54. The van der Waals surface area contributed by atoms with Crippen molar-refractivity contribution in [2.24, 2.45) is 10.3 Å². The van der Waals surface area contributed by atoms with Gasteiger partial charge in [0.1, 0.15) is 24.7 Å². The lowest BCUT2D eigenvalue weighted by atomic mass is 9.78. The van der Waals surface area contributed by atoms with Crippen LogP contribution in [0.4, 0.5) is 0 Å². The monoisotopic (exact) mass is 658 g/mol. The summed E-state index contributed by atoms with van der Waals surface area (Å²) in [4.78, 5) is 35.6. The number of hydrogen-bond donors (Lipinski definition) is 2. The molecule has 8 nitrogen and oxygen atoms in total. The van der Waals surface area contributed by atoms with Crippen LogP contribution >= 0.6 is 0 Å². The summed E-state index contributed by atoms with van der Waals surface area (Å²) in [5.41, 5.74) is 11.3. The summed E-state index contributed by atoms with van der Waals surface area (Å²) in [5.74, 6) is 0.206. The number of carbonyl (C=O) groups excluding carboxylic acids is 2. The second-order valence-electron chi connectivity index (χ2n) is 12.9. The smallest absolute Gasteiger partial charge is 0.168 e. The predicted octanol–water partition coefficient (Wildman–Crippen LogP) is 9.35. The molecule has 0 bridgehead atoms. The van der Waals surface area contributed by atoms with Gasteiger partial charge in [0.05, 0.1) is 22.6 Å². The van der Waals surface area contributed by atoms with E-state index in [4.69, 9.17) is 9.68 Å². The number of carbonyl (C=O) groups is 2. The van der Waals surface area contributed by atoms with Gasteiger partial charge in [-0.15, -0.1) is 0 Å². The highest BCUT2D eigenvalue weighted by molar-refractivity contribution is 6.23. The number of aliphatic hydroxyl groups is 2. The van der Waals surface area contributed by atoms with Crippen LogP contribution < -0.4 is 0 Å². The molecule has 0 saturated carbocycles. The zero-order valence-corrected chi connectivity index (χ0v) is 30.5. The minimum absolute atomic E-state index is 0.0204. The molecule has 2 N–H and O–H groups in total. The Hall–Kier alpha value is -4.20. The Morgan fingerprint density at radius 3 is 1.17 bits per heavy atom. The van der Waals surface area contributed by atoms with Crippen molar-refractivity contribution in [3.05, 3.63) is 91.4 Å². The Bertz CT molecular complexity index is 1480. The van der Waals surface area contributed by atoms with E-state index in [1.54, 1.807) is 0 Å². The Labute approximate surface area is 286 Å². The second-order valence-corrected chi connectivity index (χ2v) is 12.9. The van der Waals surface area contributed by atoms with E-state index in [0.717, 1.165) is 0 Å². The molecule has 2 aromatic rings. The van der Waals surface area contributed by atoms with Gasteiger partial charge >= 0.3 is 0 Å². The Morgan fingerprint density at radius 1 is 0.604 bits per heavy atom. The van der Waals surface area contributed by atoms with Crippen LogP contribution in [-0.2, 0) is 19.3 Å². The molecule has 48 heavy (non-hydrogen) atoms. The third-order valence-corrected chi connectivity index (χ3v) is 9.03. The summed E-state index contributed by atoms with van der Waals surface area (Å²) in [6.45, 7) is 20.8. The number of benzene rings is 2. The predicted molar refractivity (Wildman–Crippen MR) is 193 cm³/mol. The number of aryl methyl sites for hydroxylation is 6. The van der Waals surface area contributed by atoms with Crippen LogP contribution in [0.25, 0.3) is 0 Å². The molecule has 0 aromatic heterocycles. The molecule has 0 amide bonds. The summed E-state index contributed by atoms with van der Waals surface area (Å²) in [6.07, 6.45) is 2.84. The summed E-state index contributed by atoms with van der Waals surface area (Å²) >= 11 is 0. The SMILES string of the molecule is CCON=C(CC)C1=C(O)CC(c2c(C)cc(C)cc2C)CC1=O.CCON=C(CC)C1=C(O)CC(c2c(C)cc(C)cc2C)CC1=O. The zero-order valence-electron chi connectivity index (χ0n) is 30.5. The fraction of sp³-hybridized carbons (Fsp3) is 0.500. The van der Waals surface area contributed by atoms with Crippen LogP contribution in [0.3, 0.4) is 0 Å². The van der Waals surface area contributed by atoms with Crippen molar-refractivity contribution in [2.75, 3.05) is 13.2 Å². The van der Waals surface area contributed by atoms with Gasteiger partial charge in [-0.25, -0.2) is 0 Å². The van der Waals surface area contributed by atoms with E-state index in [1.165, 1.54) is 44.5 Å². The molecular formula is C40H54N2O6. The van der Waals surface area contributed by atoms with Crippen LogP contribution in [0.1, 0.15) is 123 Å². The average molecular weight is 659 g/mol. The van der Waals surface area contributed by atoms with Crippen molar-refractivity contribution in [3.8, 4) is 0 Å². The molecule has 0 fully saturated rings. The number of ketones is 2. The van der Waals surface area contributed by atoms with Gasteiger partial charge in [-0.05, 0) is 113 Å². The molecular weight excluding hydrogens is 604 g/mol. The van der Waals surface area contributed by atoms with E-state index in [9.17, 15) is 19.8 Å². The van der Waals surface area contributed by atoms with Crippen molar-refractivity contribution in [1.29, 1.82) is 0 Å². The number of allylic oxidation sites excluding steroid dienone is 4. The van der Waals surface area contributed by atoms with Gasteiger partial charge in [0, 0.05) is 25.7 Å². The first kappa shape index (κ1) is 38.2. The van der Waals surface area contributed by atoms with E-state index in [2.05, 4.69) is 76.1 Å². The van der Waals surface area contributed by atoms with Gasteiger partial charge < -0.3 is 19.9 Å². The number of Topliss-reactive ketones (excluding diaryl/α,β-unsaturated/α-hetero) is 2. The fourth-order valence-corrected chi connectivity index (χ4v) is 7.38. The van der Waals surface area contributed by atoms with E-state index in [1.807, 2.05) is 27.7 Å². The molecule has 0 aliphatic heterocycles. The molecule has 2 unspecified atom stereocenters. The number of nitrogens with zero attached hydrogens (tertiary/aromatic N) is 2. The van der Waals surface area contributed by atoms with Gasteiger partial charge in [0.2, 0.25) is 0 Å². The maximum Gasteiger partial charge on any atom is 0.168 e. The molecule has 4 rings (SSSR count). The van der Waals surface area contributed by atoms with Crippen LogP contribution in [0, 0.1) is 41.5 Å². The highest BCUT2D eigenvalue weighted by Crippen LogP contribution is 2.39. The second kappa shape index (κ2) is 17.3. The first-order valence-corrected chi connectivity index (χ1v) is 17.2. The van der Waals surface area contributed by atoms with Crippen molar-refractivity contribution < 1.29 is 29.5 Å². The lowest BCUT2D eigenvalue weighted by Gasteiger charge is -2.27. The molecule has 0 heterocycles. The standard InChI is InChI=1S/2C20H27NO3/c2*1-6-16(21-24-7-2)20-17(22)10-15(11-18(20)23)19-13(4)8-12(3)9-14(19)5/h2*8-9,15,22H,6-7,10-11H2,1-5H3. The van der Waals surface area contributed by atoms with E-state index >= 15 is 0 Å². The van der Waals surface area contributed by atoms with E-state index < -0.39 is 0 Å². The highest BCUT2D eigenvalue weighted by atomic mass is 16.6. The van der Waals surface area contributed by atoms with Crippen LogP contribution in [0.15, 0.2) is 57.2 Å². The highest BCUT2D eigenvalue weighted by Gasteiger charge is 2.34. The third-order valence-electron chi connectivity index (χ3n) is 9.03. The lowest BCUT2D eigenvalue weighted by molar-refractivity contribution is -0.117. The van der Waals surface area contributed by atoms with Crippen LogP contribution in [0.5, 0.6) is 0 Å². The Kier molecular flexibility index (Phi) is 13.8. The number of rotatable bonds is 10. The maximum atomic E-state index is 12.7. The molecule has 0 spiro atoms. The molecule has 8 heteroatoms. The van der Waals surface area contributed by atoms with Crippen molar-refractivity contribution in [1.82, 2.24) is 0 Å². The molecule has 260 valence electrons. The first-order valence-electron chi connectivity index (χ1n) is 17.2. The van der Waals surface area contributed by atoms with Crippen molar-refractivity contribution in [2.45, 2.75) is 120 Å². The largest absolute Gasteiger partial charge is 0.511 e.